The van der Waals surface area contributed by atoms with E-state index in [1.54, 1.807) is 11.3 Å². The first kappa shape index (κ1) is 12.9. The Kier molecular flexibility index (Phi) is 3.20. The third-order valence-corrected chi connectivity index (χ3v) is 5.07. The van der Waals surface area contributed by atoms with Crippen molar-refractivity contribution in [3.05, 3.63) is 46.7 Å². The van der Waals surface area contributed by atoms with Crippen molar-refractivity contribution < 1.29 is 0 Å². The second-order valence-electron chi connectivity index (χ2n) is 5.60. The van der Waals surface area contributed by atoms with Crippen LogP contribution in [0.1, 0.15) is 47.6 Å². The number of fused-ring (bicyclic) bond motifs is 1. The number of aromatic nitrogens is 4. The van der Waals surface area contributed by atoms with Gasteiger partial charge in [0.25, 0.3) is 0 Å². The molecule has 1 atom stereocenters. The molecule has 1 fully saturated rings. The van der Waals surface area contributed by atoms with Crippen LogP contribution in [0.2, 0.25) is 0 Å². The van der Waals surface area contributed by atoms with E-state index in [2.05, 4.69) is 27.4 Å². The normalized spacial score (nSPS) is 17.0. The van der Waals surface area contributed by atoms with Gasteiger partial charge in [-0.25, -0.2) is 0 Å². The summed E-state index contributed by atoms with van der Waals surface area (Å²) in [6.07, 6.45) is 4.44. The van der Waals surface area contributed by atoms with Crippen molar-refractivity contribution in [2.75, 3.05) is 0 Å². The molecule has 5 nitrogen and oxygen atoms in total. The van der Waals surface area contributed by atoms with Crippen molar-refractivity contribution in [1.29, 1.82) is 0 Å². The molecule has 0 radical (unpaired) electrons. The largest absolute Gasteiger partial charge is 0.324 e. The Morgan fingerprint density at radius 3 is 2.76 bits per heavy atom. The SMILES string of the molecule is NC(Cc1nn2c(C3CCC3)nnc2s1)c1ccccc1. The Labute approximate surface area is 126 Å². The predicted octanol–water partition coefficient (Wildman–Crippen LogP) is 2.70. The second kappa shape index (κ2) is 5.20. The van der Waals surface area contributed by atoms with Crippen molar-refractivity contribution in [1.82, 2.24) is 19.8 Å². The first-order chi connectivity index (χ1) is 10.3. The minimum absolute atomic E-state index is 0.0258. The fraction of sp³-hybridized carbons (Fsp3) is 0.400. The zero-order valence-corrected chi connectivity index (χ0v) is 12.5. The van der Waals surface area contributed by atoms with Gasteiger partial charge in [0.05, 0.1) is 0 Å². The van der Waals surface area contributed by atoms with E-state index >= 15 is 0 Å². The summed E-state index contributed by atoms with van der Waals surface area (Å²) in [5.74, 6) is 1.56. The molecule has 2 aromatic heterocycles. The third-order valence-electron chi connectivity index (χ3n) is 4.15. The van der Waals surface area contributed by atoms with Gasteiger partial charge >= 0.3 is 0 Å². The third kappa shape index (κ3) is 2.34. The highest BCUT2D eigenvalue weighted by Crippen LogP contribution is 2.35. The average molecular weight is 299 g/mol. The van der Waals surface area contributed by atoms with Crippen LogP contribution in [-0.4, -0.2) is 19.8 Å². The summed E-state index contributed by atoms with van der Waals surface area (Å²) >= 11 is 1.59. The Hall–Kier alpha value is -1.79. The van der Waals surface area contributed by atoms with Crippen LogP contribution in [0.3, 0.4) is 0 Å². The maximum absolute atomic E-state index is 6.27. The van der Waals surface area contributed by atoms with Gasteiger partial charge in [-0.15, -0.1) is 10.2 Å². The van der Waals surface area contributed by atoms with Crippen molar-refractivity contribution >= 4 is 16.3 Å². The molecule has 1 aliphatic carbocycles. The summed E-state index contributed by atoms with van der Waals surface area (Å²) in [4.78, 5) is 0.882. The number of rotatable bonds is 4. The monoisotopic (exact) mass is 299 g/mol. The highest BCUT2D eigenvalue weighted by Gasteiger charge is 2.26. The molecule has 0 spiro atoms. The van der Waals surface area contributed by atoms with Gasteiger partial charge in [-0.2, -0.15) is 9.61 Å². The first-order valence-electron chi connectivity index (χ1n) is 7.33. The molecule has 108 valence electrons. The van der Waals surface area contributed by atoms with Crippen molar-refractivity contribution in [3.63, 3.8) is 0 Å². The van der Waals surface area contributed by atoms with Gasteiger partial charge in [0, 0.05) is 18.4 Å². The topological polar surface area (TPSA) is 69.1 Å². The van der Waals surface area contributed by atoms with Crippen molar-refractivity contribution in [2.45, 2.75) is 37.6 Å². The smallest absolute Gasteiger partial charge is 0.234 e. The summed E-state index contributed by atoms with van der Waals surface area (Å²) in [5, 5.41) is 14.2. The molecule has 0 amide bonds. The van der Waals surface area contributed by atoms with Crippen LogP contribution >= 0.6 is 11.3 Å². The van der Waals surface area contributed by atoms with Gasteiger partial charge < -0.3 is 5.73 Å². The highest BCUT2D eigenvalue weighted by atomic mass is 32.1. The molecule has 1 aliphatic rings. The van der Waals surface area contributed by atoms with Crippen LogP contribution in [0.5, 0.6) is 0 Å². The molecule has 0 saturated heterocycles. The summed E-state index contributed by atoms with van der Waals surface area (Å²) in [5.41, 5.74) is 7.42. The molecule has 2 heterocycles. The molecular formula is C15H17N5S. The summed E-state index contributed by atoms with van der Waals surface area (Å²) in [6, 6.07) is 10.1. The summed E-state index contributed by atoms with van der Waals surface area (Å²) < 4.78 is 1.92. The molecule has 21 heavy (non-hydrogen) atoms. The fourth-order valence-electron chi connectivity index (χ4n) is 2.68. The lowest BCUT2D eigenvalue weighted by molar-refractivity contribution is 0.395. The number of nitrogens with two attached hydrogens (primary N) is 1. The summed E-state index contributed by atoms with van der Waals surface area (Å²) in [7, 11) is 0. The Bertz CT molecular complexity index is 744. The fourth-order valence-corrected chi connectivity index (χ4v) is 3.58. The second-order valence-corrected chi connectivity index (χ2v) is 6.64. The van der Waals surface area contributed by atoms with E-state index in [0.29, 0.717) is 5.92 Å². The van der Waals surface area contributed by atoms with Gasteiger partial charge in [-0.05, 0) is 18.4 Å². The van der Waals surface area contributed by atoms with E-state index in [-0.39, 0.29) is 6.04 Å². The molecule has 6 heteroatoms. The molecular weight excluding hydrogens is 282 g/mol. The molecule has 1 unspecified atom stereocenters. The van der Waals surface area contributed by atoms with Crippen LogP contribution < -0.4 is 5.73 Å². The lowest BCUT2D eigenvalue weighted by Crippen LogP contribution is -2.15. The van der Waals surface area contributed by atoms with E-state index in [4.69, 9.17) is 5.73 Å². The van der Waals surface area contributed by atoms with E-state index in [0.717, 1.165) is 27.8 Å². The van der Waals surface area contributed by atoms with Crippen LogP contribution in [0, 0.1) is 0 Å². The molecule has 2 N–H and O–H groups in total. The van der Waals surface area contributed by atoms with E-state index < -0.39 is 0 Å². The zero-order chi connectivity index (χ0) is 14.2. The predicted molar refractivity (Wildman–Crippen MR) is 82.3 cm³/mol. The average Bonchev–Trinajstić information content (AvgIpc) is 3.00. The van der Waals surface area contributed by atoms with E-state index in [1.165, 1.54) is 19.3 Å². The lowest BCUT2D eigenvalue weighted by Gasteiger charge is -2.22. The number of benzene rings is 1. The molecule has 0 bridgehead atoms. The van der Waals surface area contributed by atoms with E-state index in [9.17, 15) is 0 Å². The number of hydrogen-bond acceptors (Lipinski definition) is 5. The van der Waals surface area contributed by atoms with E-state index in [1.807, 2.05) is 22.7 Å². The standard InChI is InChI=1S/C15H17N5S/c16-12(10-5-2-1-3-6-10)9-13-19-20-14(11-7-4-8-11)17-18-15(20)21-13/h1-3,5-6,11-12H,4,7-9,16H2. The molecule has 4 rings (SSSR count). The maximum atomic E-state index is 6.27. The van der Waals surface area contributed by atoms with Gasteiger partial charge in [0.2, 0.25) is 4.96 Å². The maximum Gasteiger partial charge on any atom is 0.234 e. The van der Waals surface area contributed by atoms with Crippen LogP contribution in [0.4, 0.5) is 0 Å². The van der Waals surface area contributed by atoms with Crippen LogP contribution in [0.25, 0.3) is 4.96 Å². The van der Waals surface area contributed by atoms with Crippen LogP contribution in [0.15, 0.2) is 30.3 Å². The van der Waals surface area contributed by atoms with Gasteiger partial charge in [-0.1, -0.05) is 48.1 Å². The Morgan fingerprint density at radius 1 is 1.24 bits per heavy atom. The molecule has 1 saturated carbocycles. The highest BCUT2D eigenvalue weighted by molar-refractivity contribution is 7.16. The minimum Gasteiger partial charge on any atom is -0.324 e. The first-order valence-corrected chi connectivity index (χ1v) is 8.14. The zero-order valence-electron chi connectivity index (χ0n) is 11.6. The Morgan fingerprint density at radius 2 is 2.05 bits per heavy atom. The van der Waals surface area contributed by atoms with Gasteiger partial charge in [-0.3, -0.25) is 0 Å². The van der Waals surface area contributed by atoms with Gasteiger partial charge in [0.15, 0.2) is 5.82 Å². The quantitative estimate of drug-likeness (QED) is 0.804. The minimum atomic E-state index is -0.0258. The number of hydrogen-bond donors (Lipinski definition) is 1. The molecule has 3 aromatic rings. The molecule has 0 aliphatic heterocycles. The molecule has 1 aromatic carbocycles. The Balaban J connectivity index is 1.58. The summed E-state index contributed by atoms with van der Waals surface area (Å²) in [6.45, 7) is 0. The van der Waals surface area contributed by atoms with Crippen molar-refractivity contribution in [2.24, 2.45) is 5.73 Å². The number of nitrogens with zero attached hydrogens (tertiary/aromatic N) is 4. The van der Waals surface area contributed by atoms with Crippen molar-refractivity contribution in [3.8, 4) is 0 Å². The lowest BCUT2D eigenvalue weighted by atomic mass is 9.85. The van der Waals surface area contributed by atoms with Gasteiger partial charge in [0.1, 0.15) is 5.01 Å². The van der Waals surface area contributed by atoms with Crippen LogP contribution in [-0.2, 0) is 6.42 Å².